The Balaban J connectivity index is 1.59. The quantitative estimate of drug-likeness (QED) is 0.435. The van der Waals surface area contributed by atoms with Gasteiger partial charge in [0.15, 0.2) is 0 Å². The van der Waals surface area contributed by atoms with Crippen LogP contribution in [0.4, 0.5) is 10.7 Å². The second-order valence-electron chi connectivity index (χ2n) is 8.51. The van der Waals surface area contributed by atoms with Crippen LogP contribution in [0.2, 0.25) is 0 Å². The van der Waals surface area contributed by atoms with Gasteiger partial charge in [-0.1, -0.05) is 31.2 Å². The molecule has 0 saturated heterocycles. The van der Waals surface area contributed by atoms with Crippen molar-refractivity contribution in [3.05, 3.63) is 70.1 Å². The number of methoxy groups -OCH3 is 1. The number of anilines is 2. The molecular formula is C27H30N2O4S. The predicted octanol–water partition coefficient (Wildman–Crippen LogP) is 5.71. The van der Waals surface area contributed by atoms with E-state index < -0.39 is 0 Å². The van der Waals surface area contributed by atoms with Crippen molar-refractivity contribution in [2.24, 2.45) is 5.92 Å². The fourth-order valence-corrected chi connectivity index (χ4v) is 5.64. The summed E-state index contributed by atoms with van der Waals surface area (Å²) in [6, 6.07) is 14.8. The van der Waals surface area contributed by atoms with Crippen molar-refractivity contribution in [3.8, 4) is 11.5 Å². The lowest BCUT2D eigenvalue weighted by Crippen LogP contribution is -2.20. The molecule has 0 aliphatic heterocycles. The number of carbonyl (C=O) groups excluding carboxylic acids is 2. The average Bonchev–Trinajstić information content (AvgIpc) is 3.17. The van der Waals surface area contributed by atoms with Crippen LogP contribution >= 0.6 is 11.3 Å². The Morgan fingerprint density at radius 3 is 2.59 bits per heavy atom. The molecule has 34 heavy (non-hydrogen) atoms. The molecule has 6 nitrogen and oxygen atoms in total. The highest BCUT2D eigenvalue weighted by molar-refractivity contribution is 7.17. The minimum Gasteiger partial charge on any atom is -0.497 e. The number of hydrogen-bond acceptors (Lipinski definition) is 5. The Kier molecular flexibility index (Phi) is 7.53. The molecule has 1 aliphatic carbocycles. The summed E-state index contributed by atoms with van der Waals surface area (Å²) in [5.41, 5.74) is 3.12. The van der Waals surface area contributed by atoms with Crippen molar-refractivity contribution in [1.82, 2.24) is 0 Å². The van der Waals surface area contributed by atoms with E-state index in [-0.39, 0.29) is 18.2 Å². The van der Waals surface area contributed by atoms with E-state index in [1.54, 1.807) is 7.11 Å². The van der Waals surface area contributed by atoms with Crippen molar-refractivity contribution >= 4 is 33.8 Å². The van der Waals surface area contributed by atoms with Gasteiger partial charge in [-0.3, -0.25) is 9.59 Å². The topological polar surface area (TPSA) is 76.7 Å². The summed E-state index contributed by atoms with van der Waals surface area (Å²) in [6.07, 6.45) is 3.00. The average molecular weight is 479 g/mol. The zero-order valence-electron chi connectivity index (χ0n) is 19.8. The Morgan fingerprint density at radius 2 is 1.85 bits per heavy atom. The molecule has 0 unspecified atom stereocenters. The molecule has 178 valence electrons. The molecule has 0 saturated carbocycles. The van der Waals surface area contributed by atoms with Gasteiger partial charge < -0.3 is 20.1 Å². The standard InChI is InChI=1S/C27H30N2O4S/c1-4-33-22-8-6-5-7-21(22)28-26(31)25-20-14-9-17(2)15-23(20)34-27(25)29-24(30)16-18-10-12-19(32-3)13-11-18/h5-8,10-13,17H,4,9,14-16H2,1-3H3,(H,28,31)(H,29,30)/t17-/m1/s1. The van der Waals surface area contributed by atoms with Crippen molar-refractivity contribution in [3.63, 3.8) is 0 Å². The molecular weight excluding hydrogens is 448 g/mol. The van der Waals surface area contributed by atoms with E-state index >= 15 is 0 Å². The van der Waals surface area contributed by atoms with Crippen LogP contribution in [0.15, 0.2) is 48.5 Å². The molecule has 4 rings (SSSR count). The number of rotatable bonds is 8. The van der Waals surface area contributed by atoms with E-state index in [9.17, 15) is 9.59 Å². The summed E-state index contributed by atoms with van der Waals surface area (Å²) >= 11 is 1.52. The van der Waals surface area contributed by atoms with Crippen LogP contribution in [0.3, 0.4) is 0 Å². The number of carbonyl (C=O) groups is 2. The summed E-state index contributed by atoms with van der Waals surface area (Å²) in [5.74, 6) is 1.56. The number of ether oxygens (including phenoxy) is 2. The van der Waals surface area contributed by atoms with Gasteiger partial charge in [-0.2, -0.15) is 0 Å². The van der Waals surface area contributed by atoms with E-state index in [4.69, 9.17) is 9.47 Å². The summed E-state index contributed by atoms with van der Waals surface area (Å²) in [7, 11) is 1.61. The SMILES string of the molecule is CCOc1ccccc1NC(=O)c1c(NC(=O)Cc2ccc(OC)cc2)sc2c1CC[C@@H](C)C2. The molecule has 3 aromatic rings. The monoisotopic (exact) mass is 478 g/mol. The van der Waals surface area contributed by atoms with Crippen molar-refractivity contribution < 1.29 is 19.1 Å². The van der Waals surface area contributed by atoms with Crippen LogP contribution in [-0.2, 0) is 24.1 Å². The van der Waals surface area contributed by atoms with E-state index in [0.29, 0.717) is 34.5 Å². The molecule has 2 N–H and O–H groups in total. The van der Waals surface area contributed by atoms with Gasteiger partial charge in [0, 0.05) is 4.88 Å². The number of hydrogen-bond donors (Lipinski definition) is 2. The first-order chi connectivity index (χ1) is 16.5. The lowest BCUT2D eigenvalue weighted by Gasteiger charge is -2.19. The van der Waals surface area contributed by atoms with Gasteiger partial charge in [-0.25, -0.2) is 0 Å². The summed E-state index contributed by atoms with van der Waals surface area (Å²) < 4.78 is 10.9. The predicted molar refractivity (Wildman–Crippen MR) is 136 cm³/mol. The first-order valence-corrected chi connectivity index (χ1v) is 12.4. The van der Waals surface area contributed by atoms with E-state index in [2.05, 4.69) is 17.6 Å². The Labute approximate surface area is 204 Å². The zero-order chi connectivity index (χ0) is 24.1. The smallest absolute Gasteiger partial charge is 0.259 e. The van der Waals surface area contributed by atoms with Crippen LogP contribution in [0.5, 0.6) is 11.5 Å². The second kappa shape index (κ2) is 10.7. The molecule has 1 heterocycles. The van der Waals surface area contributed by atoms with Crippen LogP contribution < -0.4 is 20.1 Å². The minimum atomic E-state index is -0.223. The van der Waals surface area contributed by atoms with Crippen molar-refractivity contribution in [2.75, 3.05) is 24.4 Å². The number of para-hydroxylation sites is 2. The fraction of sp³-hybridized carbons (Fsp3) is 0.333. The summed E-state index contributed by atoms with van der Waals surface area (Å²) in [5, 5.41) is 6.65. The van der Waals surface area contributed by atoms with E-state index in [0.717, 1.165) is 36.1 Å². The van der Waals surface area contributed by atoms with Gasteiger partial charge in [0.2, 0.25) is 5.91 Å². The second-order valence-corrected chi connectivity index (χ2v) is 9.62. The first kappa shape index (κ1) is 23.8. The maximum absolute atomic E-state index is 13.5. The summed E-state index contributed by atoms with van der Waals surface area (Å²) in [6.45, 7) is 4.64. The van der Waals surface area contributed by atoms with Gasteiger partial charge in [0.1, 0.15) is 16.5 Å². The number of thiophene rings is 1. The lowest BCUT2D eigenvalue weighted by molar-refractivity contribution is -0.115. The van der Waals surface area contributed by atoms with Gasteiger partial charge in [0.05, 0.1) is 31.4 Å². The highest BCUT2D eigenvalue weighted by atomic mass is 32.1. The minimum absolute atomic E-state index is 0.152. The number of amides is 2. The van der Waals surface area contributed by atoms with Gasteiger partial charge in [-0.05, 0) is 67.5 Å². The van der Waals surface area contributed by atoms with Crippen LogP contribution in [0.25, 0.3) is 0 Å². The Morgan fingerprint density at radius 1 is 1.09 bits per heavy atom. The van der Waals surface area contributed by atoms with E-state index in [1.165, 1.54) is 16.2 Å². The van der Waals surface area contributed by atoms with Crippen LogP contribution in [0.1, 0.15) is 46.6 Å². The molecule has 1 aliphatic rings. The maximum atomic E-state index is 13.5. The largest absolute Gasteiger partial charge is 0.497 e. The first-order valence-electron chi connectivity index (χ1n) is 11.6. The van der Waals surface area contributed by atoms with Crippen molar-refractivity contribution in [1.29, 1.82) is 0 Å². The molecule has 1 aromatic heterocycles. The highest BCUT2D eigenvalue weighted by Crippen LogP contribution is 2.40. The molecule has 2 aromatic carbocycles. The van der Waals surface area contributed by atoms with Gasteiger partial charge in [-0.15, -0.1) is 11.3 Å². The van der Waals surface area contributed by atoms with Crippen LogP contribution in [-0.4, -0.2) is 25.5 Å². The number of benzene rings is 2. The number of nitrogens with one attached hydrogen (secondary N) is 2. The molecule has 0 radical (unpaired) electrons. The fourth-order valence-electron chi connectivity index (χ4n) is 4.21. The zero-order valence-corrected chi connectivity index (χ0v) is 20.6. The molecule has 0 bridgehead atoms. The summed E-state index contributed by atoms with van der Waals surface area (Å²) in [4.78, 5) is 27.6. The Bertz CT molecular complexity index is 1170. The molecule has 1 atom stereocenters. The molecule has 0 spiro atoms. The third kappa shape index (κ3) is 5.42. The third-order valence-corrected chi connectivity index (χ3v) is 7.12. The van der Waals surface area contributed by atoms with Gasteiger partial charge in [0.25, 0.3) is 5.91 Å². The molecule has 7 heteroatoms. The van der Waals surface area contributed by atoms with Gasteiger partial charge >= 0.3 is 0 Å². The lowest BCUT2D eigenvalue weighted by atomic mass is 9.88. The van der Waals surface area contributed by atoms with E-state index in [1.807, 2.05) is 55.5 Å². The normalized spacial score (nSPS) is 14.7. The number of fused-ring (bicyclic) bond motifs is 1. The van der Waals surface area contributed by atoms with Crippen molar-refractivity contribution in [2.45, 2.75) is 39.5 Å². The molecule has 0 fully saturated rings. The van der Waals surface area contributed by atoms with Crippen LogP contribution in [0, 0.1) is 5.92 Å². The molecule has 2 amide bonds. The highest BCUT2D eigenvalue weighted by Gasteiger charge is 2.29. The Hall–Kier alpha value is -3.32. The third-order valence-electron chi connectivity index (χ3n) is 5.95. The maximum Gasteiger partial charge on any atom is 0.259 e.